The predicted octanol–water partition coefficient (Wildman–Crippen LogP) is 0.0554. The lowest BCUT2D eigenvalue weighted by molar-refractivity contribution is -0.126. The fourth-order valence-electron chi connectivity index (χ4n) is 1.01. The number of rotatable bonds is 8. The lowest BCUT2D eigenvalue weighted by Gasteiger charge is -2.05. The van der Waals surface area contributed by atoms with Gasteiger partial charge in [0.25, 0.3) is 0 Å². The molecule has 2 N–H and O–H groups in total. The highest BCUT2D eigenvalue weighted by molar-refractivity contribution is 5.84. The smallest absolute Gasteiger partial charge is 0.239 e. The van der Waals surface area contributed by atoms with Crippen LogP contribution in [-0.4, -0.2) is 38.1 Å². The van der Waals surface area contributed by atoms with Crippen molar-refractivity contribution >= 4 is 11.8 Å². The Kier molecular flexibility index (Phi) is 8.76. The Bertz CT molecular complexity index is 195. The van der Waals surface area contributed by atoms with E-state index >= 15 is 0 Å². The molecule has 0 aliphatic heterocycles. The Hall–Kier alpha value is -1.10. The van der Waals surface area contributed by atoms with Gasteiger partial charge in [-0.2, -0.15) is 0 Å². The van der Waals surface area contributed by atoms with E-state index in [1.807, 2.05) is 13.8 Å². The molecule has 0 radical (unpaired) electrons. The van der Waals surface area contributed by atoms with Crippen molar-refractivity contribution in [1.29, 1.82) is 0 Å². The van der Waals surface area contributed by atoms with Gasteiger partial charge in [0.15, 0.2) is 0 Å². The molecule has 0 aromatic heterocycles. The quantitative estimate of drug-likeness (QED) is 0.564. The summed E-state index contributed by atoms with van der Waals surface area (Å²) >= 11 is 0. The Morgan fingerprint density at radius 3 is 2.47 bits per heavy atom. The summed E-state index contributed by atoms with van der Waals surface area (Å²) in [4.78, 5) is 22.1. The van der Waals surface area contributed by atoms with Gasteiger partial charge in [-0.25, -0.2) is 0 Å². The van der Waals surface area contributed by atoms with Crippen molar-refractivity contribution in [1.82, 2.24) is 10.6 Å². The zero-order valence-corrected chi connectivity index (χ0v) is 9.47. The van der Waals surface area contributed by atoms with Crippen molar-refractivity contribution in [2.45, 2.75) is 26.7 Å². The zero-order valence-electron chi connectivity index (χ0n) is 9.47. The van der Waals surface area contributed by atoms with Gasteiger partial charge >= 0.3 is 0 Å². The first-order valence-electron chi connectivity index (χ1n) is 5.31. The highest BCUT2D eigenvalue weighted by atomic mass is 16.5. The van der Waals surface area contributed by atoms with E-state index in [2.05, 4.69) is 10.6 Å². The molecule has 0 aromatic rings. The monoisotopic (exact) mass is 216 g/mol. The lowest BCUT2D eigenvalue weighted by Crippen LogP contribution is -2.36. The summed E-state index contributed by atoms with van der Waals surface area (Å²) < 4.78 is 5.09. The van der Waals surface area contributed by atoms with Crippen molar-refractivity contribution in [2.75, 3.05) is 26.3 Å². The number of ether oxygens (including phenoxy) is 1. The van der Waals surface area contributed by atoms with Crippen molar-refractivity contribution in [3.63, 3.8) is 0 Å². The molecule has 0 aliphatic carbocycles. The number of nitrogens with one attached hydrogen (secondary N) is 2. The molecule has 0 heterocycles. The molecule has 5 heteroatoms. The van der Waals surface area contributed by atoms with Crippen LogP contribution in [0.25, 0.3) is 0 Å². The molecule has 2 amide bonds. The SMILES string of the molecule is CCNC(=O)CNC(=O)CCCOCC. The van der Waals surface area contributed by atoms with Crippen LogP contribution in [0.15, 0.2) is 0 Å². The van der Waals surface area contributed by atoms with E-state index in [1.165, 1.54) is 0 Å². The molecular weight excluding hydrogens is 196 g/mol. The number of hydrogen-bond acceptors (Lipinski definition) is 3. The van der Waals surface area contributed by atoms with Crippen molar-refractivity contribution in [2.24, 2.45) is 0 Å². The molecule has 0 rings (SSSR count). The highest BCUT2D eigenvalue weighted by Gasteiger charge is 2.03. The molecule has 0 saturated heterocycles. The maximum Gasteiger partial charge on any atom is 0.239 e. The average Bonchev–Trinajstić information content (AvgIpc) is 2.22. The molecule has 0 saturated carbocycles. The van der Waals surface area contributed by atoms with Gasteiger partial charge in [-0.1, -0.05) is 0 Å². The molecule has 0 fully saturated rings. The minimum absolute atomic E-state index is 0.0569. The molecule has 15 heavy (non-hydrogen) atoms. The Labute approximate surface area is 90.6 Å². The highest BCUT2D eigenvalue weighted by Crippen LogP contribution is 1.89. The first-order valence-corrected chi connectivity index (χ1v) is 5.31. The summed E-state index contributed by atoms with van der Waals surface area (Å²) in [5.74, 6) is -0.267. The van der Waals surface area contributed by atoms with Crippen LogP contribution >= 0.6 is 0 Å². The van der Waals surface area contributed by atoms with E-state index in [0.717, 1.165) is 0 Å². The molecule has 0 aliphatic rings. The van der Waals surface area contributed by atoms with Crippen LogP contribution in [0.1, 0.15) is 26.7 Å². The Morgan fingerprint density at radius 1 is 1.13 bits per heavy atom. The zero-order chi connectivity index (χ0) is 11.5. The van der Waals surface area contributed by atoms with Crippen molar-refractivity contribution < 1.29 is 14.3 Å². The summed E-state index contributed by atoms with van der Waals surface area (Å²) in [5, 5.41) is 5.14. The fourth-order valence-corrected chi connectivity index (χ4v) is 1.01. The first kappa shape index (κ1) is 13.9. The van der Waals surface area contributed by atoms with Crippen LogP contribution in [0.5, 0.6) is 0 Å². The minimum Gasteiger partial charge on any atom is -0.382 e. The molecule has 5 nitrogen and oxygen atoms in total. The van der Waals surface area contributed by atoms with E-state index in [4.69, 9.17) is 4.74 Å². The van der Waals surface area contributed by atoms with Crippen molar-refractivity contribution in [3.05, 3.63) is 0 Å². The molecule has 0 bridgehead atoms. The molecular formula is C10H20N2O3. The van der Waals surface area contributed by atoms with Crippen LogP contribution in [0.4, 0.5) is 0 Å². The maximum absolute atomic E-state index is 11.2. The predicted molar refractivity (Wildman–Crippen MR) is 57.4 cm³/mol. The average molecular weight is 216 g/mol. The Balaban J connectivity index is 3.36. The molecule has 0 aromatic carbocycles. The van der Waals surface area contributed by atoms with E-state index in [-0.39, 0.29) is 18.4 Å². The van der Waals surface area contributed by atoms with E-state index < -0.39 is 0 Å². The largest absolute Gasteiger partial charge is 0.382 e. The summed E-state index contributed by atoms with van der Waals surface area (Å²) in [5.41, 5.74) is 0. The number of likely N-dealkylation sites (N-methyl/N-ethyl adjacent to an activating group) is 1. The number of carbonyl (C=O) groups excluding carboxylic acids is 2. The van der Waals surface area contributed by atoms with E-state index in [1.54, 1.807) is 0 Å². The van der Waals surface area contributed by atoms with Crippen LogP contribution in [-0.2, 0) is 14.3 Å². The summed E-state index contributed by atoms with van der Waals surface area (Å²) in [6, 6.07) is 0. The van der Waals surface area contributed by atoms with Gasteiger partial charge in [-0.3, -0.25) is 9.59 Å². The second-order valence-corrected chi connectivity index (χ2v) is 3.03. The third-order valence-electron chi connectivity index (χ3n) is 1.72. The van der Waals surface area contributed by atoms with Gasteiger partial charge in [0.05, 0.1) is 6.54 Å². The van der Waals surface area contributed by atoms with Crippen LogP contribution in [0, 0.1) is 0 Å². The number of carbonyl (C=O) groups is 2. The second kappa shape index (κ2) is 9.45. The Morgan fingerprint density at radius 2 is 1.87 bits per heavy atom. The topological polar surface area (TPSA) is 67.4 Å². The van der Waals surface area contributed by atoms with Crippen LogP contribution in [0.3, 0.4) is 0 Å². The standard InChI is InChI=1S/C10H20N2O3/c1-3-11-10(14)8-12-9(13)6-5-7-15-4-2/h3-8H2,1-2H3,(H,11,14)(H,12,13). The first-order chi connectivity index (χ1) is 7.20. The van der Waals surface area contributed by atoms with Gasteiger partial charge in [0, 0.05) is 26.2 Å². The summed E-state index contributed by atoms with van der Waals surface area (Å²) in [6.45, 7) is 5.64. The second-order valence-electron chi connectivity index (χ2n) is 3.03. The number of amides is 2. The molecule has 0 spiro atoms. The van der Waals surface area contributed by atoms with Gasteiger partial charge < -0.3 is 15.4 Å². The van der Waals surface area contributed by atoms with Gasteiger partial charge in [-0.05, 0) is 20.3 Å². The van der Waals surface area contributed by atoms with E-state index in [9.17, 15) is 9.59 Å². The van der Waals surface area contributed by atoms with Gasteiger partial charge in [0.1, 0.15) is 0 Å². The van der Waals surface area contributed by atoms with Crippen LogP contribution < -0.4 is 10.6 Å². The van der Waals surface area contributed by atoms with Crippen LogP contribution in [0.2, 0.25) is 0 Å². The molecule has 0 atom stereocenters. The van der Waals surface area contributed by atoms with Gasteiger partial charge in [-0.15, -0.1) is 0 Å². The summed E-state index contributed by atoms with van der Waals surface area (Å²) in [6.07, 6.45) is 1.09. The van der Waals surface area contributed by atoms with E-state index in [0.29, 0.717) is 32.6 Å². The minimum atomic E-state index is -0.157. The number of hydrogen-bond donors (Lipinski definition) is 2. The third kappa shape index (κ3) is 9.21. The normalized spacial score (nSPS) is 9.73. The molecule has 0 unspecified atom stereocenters. The van der Waals surface area contributed by atoms with Gasteiger partial charge in [0.2, 0.25) is 11.8 Å². The fraction of sp³-hybridized carbons (Fsp3) is 0.800. The third-order valence-corrected chi connectivity index (χ3v) is 1.72. The summed E-state index contributed by atoms with van der Waals surface area (Å²) in [7, 11) is 0. The maximum atomic E-state index is 11.2. The molecule has 88 valence electrons. The lowest BCUT2D eigenvalue weighted by atomic mass is 10.3. The van der Waals surface area contributed by atoms with Crippen molar-refractivity contribution in [3.8, 4) is 0 Å².